The quantitative estimate of drug-likeness (QED) is 0.623. The van der Waals surface area contributed by atoms with Crippen LogP contribution in [0.3, 0.4) is 0 Å². The summed E-state index contributed by atoms with van der Waals surface area (Å²) in [5.41, 5.74) is 3.42. The molecule has 146 valence electrons. The molecule has 0 fully saturated rings. The first-order valence-corrected chi connectivity index (χ1v) is 10.0. The number of benzene rings is 1. The Morgan fingerprint density at radius 1 is 1.21 bits per heavy atom. The molecule has 2 amide bonds. The zero-order valence-electron chi connectivity index (χ0n) is 16.1. The van der Waals surface area contributed by atoms with Crippen LogP contribution in [-0.2, 0) is 17.6 Å². The number of anilines is 1. The van der Waals surface area contributed by atoms with E-state index in [4.69, 9.17) is 4.42 Å². The highest BCUT2D eigenvalue weighted by Crippen LogP contribution is 2.19. The third-order valence-electron chi connectivity index (χ3n) is 4.48. The van der Waals surface area contributed by atoms with Gasteiger partial charge in [-0.2, -0.15) is 0 Å². The van der Waals surface area contributed by atoms with E-state index in [0.717, 1.165) is 12.0 Å². The van der Waals surface area contributed by atoms with Crippen molar-refractivity contribution in [2.75, 3.05) is 5.32 Å². The Kier molecular flexibility index (Phi) is 6.26. The number of rotatable bonds is 7. The molecule has 1 aromatic carbocycles. The third-order valence-corrected chi connectivity index (χ3v) is 5.29. The summed E-state index contributed by atoms with van der Waals surface area (Å²) in [6.07, 6.45) is 2.62. The standard InChI is InChI=1S/C21H23N3O3S/c1-4-15-5-7-16(8-6-15)13(2)22-19(25)11-17-12-28-21(23-17)24-20(26)18-9-10-27-14(18)3/h5-10,12-13H,4,11H2,1-3H3,(H,22,25)(H,23,24,26). The van der Waals surface area contributed by atoms with Crippen molar-refractivity contribution in [2.45, 2.75) is 39.7 Å². The molecule has 3 aromatic rings. The van der Waals surface area contributed by atoms with E-state index in [1.54, 1.807) is 18.4 Å². The van der Waals surface area contributed by atoms with E-state index in [-0.39, 0.29) is 24.3 Å². The second-order valence-electron chi connectivity index (χ2n) is 6.55. The van der Waals surface area contributed by atoms with E-state index in [2.05, 4.69) is 34.7 Å². The number of carbonyl (C=O) groups is 2. The van der Waals surface area contributed by atoms with E-state index in [1.165, 1.54) is 23.2 Å². The number of hydrogen-bond acceptors (Lipinski definition) is 5. The molecule has 0 aliphatic carbocycles. The van der Waals surface area contributed by atoms with Gasteiger partial charge in [0.2, 0.25) is 5.91 Å². The maximum absolute atomic E-state index is 12.3. The molecular weight excluding hydrogens is 374 g/mol. The summed E-state index contributed by atoms with van der Waals surface area (Å²) in [5, 5.41) is 7.95. The average Bonchev–Trinajstić information content (AvgIpc) is 3.30. The Labute approximate surface area is 168 Å². The fourth-order valence-electron chi connectivity index (χ4n) is 2.81. The lowest BCUT2D eigenvalue weighted by molar-refractivity contribution is -0.121. The maximum Gasteiger partial charge on any atom is 0.260 e. The number of carbonyl (C=O) groups excluding carboxylic acids is 2. The van der Waals surface area contributed by atoms with Crippen LogP contribution in [0, 0.1) is 6.92 Å². The molecule has 0 aliphatic rings. The molecule has 0 spiro atoms. The number of amides is 2. The Morgan fingerprint density at radius 2 is 1.96 bits per heavy atom. The Bertz CT molecular complexity index is 959. The van der Waals surface area contributed by atoms with E-state index >= 15 is 0 Å². The average molecular weight is 398 g/mol. The summed E-state index contributed by atoms with van der Waals surface area (Å²) in [5.74, 6) is 0.163. The van der Waals surface area contributed by atoms with Gasteiger partial charge in [0.1, 0.15) is 5.76 Å². The van der Waals surface area contributed by atoms with Crippen LogP contribution in [-0.4, -0.2) is 16.8 Å². The summed E-state index contributed by atoms with van der Waals surface area (Å²) >= 11 is 1.29. The lowest BCUT2D eigenvalue weighted by Gasteiger charge is -2.14. The van der Waals surface area contributed by atoms with Crippen molar-refractivity contribution in [1.82, 2.24) is 10.3 Å². The summed E-state index contributed by atoms with van der Waals surface area (Å²) in [7, 11) is 0. The number of thiazole rings is 1. The van der Waals surface area contributed by atoms with Gasteiger partial charge in [-0.1, -0.05) is 31.2 Å². The van der Waals surface area contributed by atoms with Gasteiger partial charge in [-0.3, -0.25) is 14.9 Å². The highest BCUT2D eigenvalue weighted by molar-refractivity contribution is 7.14. The fourth-order valence-corrected chi connectivity index (χ4v) is 3.52. The zero-order chi connectivity index (χ0) is 20.1. The molecule has 28 heavy (non-hydrogen) atoms. The Morgan fingerprint density at radius 3 is 2.61 bits per heavy atom. The predicted molar refractivity (Wildman–Crippen MR) is 110 cm³/mol. The van der Waals surface area contributed by atoms with Crippen LogP contribution in [0.15, 0.2) is 46.4 Å². The first kappa shape index (κ1) is 19.8. The van der Waals surface area contributed by atoms with E-state index < -0.39 is 0 Å². The predicted octanol–water partition coefficient (Wildman–Crippen LogP) is 4.28. The van der Waals surface area contributed by atoms with Crippen LogP contribution in [0.25, 0.3) is 0 Å². The van der Waals surface area contributed by atoms with Crippen LogP contribution < -0.4 is 10.6 Å². The molecular formula is C21H23N3O3S. The zero-order valence-corrected chi connectivity index (χ0v) is 16.9. The second kappa shape index (κ2) is 8.84. The minimum Gasteiger partial charge on any atom is -0.469 e. The monoisotopic (exact) mass is 397 g/mol. The molecule has 0 aliphatic heterocycles. The van der Waals surface area contributed by atoms with Gasteiger partial charge in [0.05, 0.1) is 30.0 Å². The molecule has 1 unspecified atom stereocenters. The van der Waals surface area contributed by atoms with Gasteiger partial charge in [-0.25, -0.2) is 4.98 Å². The molecule has 0 bridgehead atoms. The minimum atomic E-state index is -0.277. The van der Waals surface area contributed by atoms with Crippen molar-refractivity contribution in [1.29, 1.82) is 0 Å². The lowest BCUT2D eigenvalue weighted by atomic mass is 10.0. The smallest absolute Gasteiger partial charge is 0.260 e. The topological polar surface area (TPSA) is 84.2 Å². The van der Waals surface area contributed by atoms with Gasteiger partial charge in [0.25, 0.3) is 5.91 Å². The van der Waals surface area contributed by atoms with Crippen LogP contribution in [0.1, 0.15) is 52.8 Å². The highest BCUT2D eigenvalue weighted by Gasteiger charge is 2.15. The van der Waals surface area contributed by atoms with Gasteiger partial charge in [-0.05, 0) is 37.5 Å². The van der Waals surface area contributed by atoms with Gasteiger partial charge >= 0.3 is 0 Å². The summed E-state index contributed by atoms with van der Waals surface area (Å²) in [6, 6.07) is 9.77. The van der Waals surface area contributed by atoms with Gasteiger partial charge in [0, 0.05) is 5.38 Å². The lowest BCUT2D eigenvalue weighted by Crippen LogP contribution is -2.28. The molecule has 6 nitrogen and oxygen atoms in total. The molecule has 1 atom stereocenters. The second-order valence-corrected chi connectivity index (χ2v) is 7.41. The Balaban J connectivity index is 1.54. The normalized spacial score (nSPS) is 11.8. The molecule has 0 saturated heterocycles. The maximum atomic E-state index is 12.3. The van der Waals surface area contributed by atoms with Crippen LogP contribution in [0.4, 0.5) is 5.13 Å². The molecule has 2 aromatic heterocycles. The van der Waals surface area contributed by atoms with Crippen molar-refractivity contribution < 1.29 is 14.0 Å². The van der Waals surface area contributed by atoms with Gasteiger partial charge in [0.15, 0.2) is 5.13 Å². The minimum absolute atomic E-state index is 0.0831. The van der Waals surface area contributed by atoms with E-state index in [1.807, 2.05) is 19.1 Å². The molecule has 0 saturated carbocycles. The first-order chi connectivity index (χ1) is 13.5. The van der Waals surface area contributed by atoms with Crippen molar-refractivity contribution in [2.24, 2.45) is 0 Å². The van der Waals surface area contributed by atoms with Crippen molar-refractivity contribution in [3.63, 3.8) is 0 Å². The van der Waals surface area contributed by atoms with Crippen LogP contribution in [0.2, 0.25) is 0 Å². The summed E-state index contributed by atoms with van der Waals surface area (Å²) in [4.78, 5) is 28.9. The van der Waals surface area contributed by atoms with Crippen molar-refractivity contribution in [3.8, 4) is 0 Å². The van der Waals surface area contributed by atoms with Crippen molar-refractivity contribution in [3.05, 3.63) is 70.1 Å². The number of furan rings is 1. The number of nitrogens with zero attached hydrogens (tertiary/aromatic N) is 1. The summed E-state index contributed by atoms with van der Waals surface area (Å²) in [6.45, 7) is 5.80. The summed E-state index contributed by atoms with van der Waals surface area (Å²) < 4.78 is 5.14. The van der Waals surface area contributed by atoms with E-state index in [0.29, 0.717) is 22.1 Å². The van der Waals surface area contributed by atoms with Crippen LogP contribution in [0.5, 0.6) is 0 Å². The fraction of sp³-hybridized carbons (Fsp3) is 0.286. The molecule has 7 heteroatoms. The first-order valence-electron chi connectivity index (χ1n) is 9.14. The van der Waals surface area contributed by atoms with Crippen LogP contribution >= 0.6 is 11.3 Å². The van der Waals surface area contributed by atoms with E-state index in [9.17, 15) is 9.59 Å². The molecule has 2 N–H and O–H groups in total. The largest absolute Gasteiger partial charge is 0.469 e. The number of aromatic nitrogens is 1. The van der Waals surface area contributed by atoms with Gasteiger partial charge < -0.3 is 9.73 Å². The number of nitrogens with one attached hydrogen (secondary N) is 2. The number of hydrogen-bond donors (Lipinski definition) is 2. The number of aryl methyl sites for hydroxylation is 2. The molecule has 2 heterocycles. The SMILES string of the molecule is CCc1ccc(C(C)NC(=O)Cc2csc(NC(=O)c3ccoc3C)n2)cc1. The molecule has 0 radical (unpaired) electrons. The molecule has 3 rings (SSSR count). The Hall–Kier alpha value is -2.93. The third kappa shape index (κ3) is 4.86. The highest BCUT2D eigenvalue weighted by atomic mass is 32.1. The van der Waals surface area contributed by atoms with Gasteiger partial charge in [-0.15, -0.1) is 11.3 Å². The van der Waals surface area contributed by atoms with Crippen molar-refractivity contribution >= 4 is 28.3 Å².